The van der Waals surface area contributed by atoms with Gasteiger partial charge in [-0.1, -0.05) is 32.4 Å². The van der Waals surface area contributed by atoms with Gasteiger partial charge in [0, 0.05) is 0 Å². The van der Waals surface area contributed by atoms with Crippen molar-refractivity contribution in [2.45, 2.75) is 71.5 Å². The monoisotopic (exact) mass is 266 g/mol. The molecule has 1 heterocycles. The SMILES string of the molecule is CCC1(CCC2C(C)=CCCC2(C)C)OC1C(=O)O. The van der Waals surface area contributed by atoms with E-state index < -0.39 is 12.1 Å². The van der Waals surface area contributed by atoms with Crippen molar-refractivity contribution in [2.75, 3.05) is 0 Å². The molecule has 0 aromatic carbocycles. The van der Waals surface area contributed by atoms with Gasteiger partial charge in [0.15, 0.2) is 6.10 Å². The van der Waals surface area contributed by atoms with Gasteiger partial charge in [-0.05, 0) is 50.4 Å². The quantitative estimate of drug-likeness (QED) is 0.608. The van der Waals surface area contributed by atoms with E-state index in [0.717, 1.165) is 19.3 Å². The van der Waals surface area contributed by atoms with Crippen LogP contribution < -0.4 is 0 Å². The predicted octanol–water partition coefficient (Wildman–Crippen LogP) is 3.78. The van der Waals surface area contributed by atoms with Gasteiger partial charge in [0.1, 0.15) is 5.60 Å². The zero-order chi connectivity index (χ0) is 14.3. The van der Waals surface area contributed by atoms with E-state index in [9.17, 15) is 4.79 Å². The first-order valence-corrected chi connectivity index (χ1v) is 7.40. The zero-order valence-electron chi connectivity index (χ0n) is 12.5. The molecule has 3 heteroatoms. The molecule has 3 nitrogen and oxygen atoms in total. The van der Waals surface area contributed by atoms with Crippen LogP contribution in [0.2, 0.25) is 0 Å². The molecule has 1 aliphatic heterocycles. The molecule has 0 aromatic heterocycles. The Balaban J connectivity index is 2.00. The summed E-state index contributed by atoms with van der Waals surface area (Å²) in [5.74, 6) is -0.250. The van der Waals surface area contributed by atoms with E-state index in [1.807, 2.05) is 6.92 Å². The molecular weight excluding hydrogens is 240 g/mol. The van der Waals surface area contributed by atoms with Crippen molar-refractivity contribution < 1.29 is 14.6 Å². The van der Waals surface area contributed by atoms with Gasteiger partial charge in [-0.15, -0.1) is 0 Å². The van der Waals surface area contributed by atoms with Crippen LogP contribution in [0.15, 0.2) is 11.6 Å². The molecule has 19 heavy (non-hydrogen) atoms. The Morgan fingerprint density at radius 2 is 2.21 bits per heavy atom. The average Bonchev–Trinajstić information content (AvgIpc) is 3.03. The fourth-order valence-corrected chi connectivity index (χ4v) is 3.72. The van der Waals surface area contributed by atoms with Gasteiger partial charge in [0.05, 0.1) is 0 Å². The number of hydrogen-bond acceptors (Lipinski definition) is 2. The summed E-state index contributed by atoms with van der Waals surface area (Å²) >= 11 is 0. The van der Waals surface area contributed by atoms with Crippen LogP contribution in [0.4, 0.5) is 0 Å². The Morgan fingerprint density at radius 3 is 2.68 bits per heavy atom. The highest BCUT2D eigenvalue weighted by atomic mass is 16.6. The Morgan fingerprint density at radius 1 is 1.53 bits per heavy atom. The molecule has 3 atom stereocenters. The second-order valence-corrected chi connectivity index (χ2v) is 6.82. The lowest BCUT2D eigenvalue weighted by molar-refractivity contribution is -0.138. The molecular formula is C16H26O3. The standard InChI is InChI=1S/C16H26O3/c1-5-16(13(19-16)14(17)18)10-8-12-11(2)7-6-9-15(12,3)4/h7,12-13H,5-6,8-10H2,1-4H3,(H,17,18). The van der Waals surface area contributed by atoms with Crippen LogP contribution in [0.5, 0.6) is 0 Å². The summed E-state index contributed by atoms with van der Waals surface area (Å²) in [5.41, 5.74) is 1.40. The second-order valence-electron chi connectivity index (χ2n) is 6.82. The van der Waals surface area contributed by atoms with Crippen molar-refractivity contribution in [2.24, 2.45) is 11.3 Å². The normalized spacial score (nSPS) is 36.7. The van der Waals surface area contributed by atoms with Gasteiger partial charge in [0.25, 0.3) is 0 Å². The fraction of sp³-hybridized carbons (Fsp3) is 0.812. The third-order valence-corrected chi connectivity index (χ3v) is 5.20. The van der Waals surface area contributed by atoms with Crippen LogP contribution in [0, 0.1) is 11.3 Å². The van der Waals surface area contributed by atoms with Crippen LogP contribution in [0.3, 0.4) is 0 Å². The number of aliphatic carboxylic acids is 1. The van der Waals surface area contributed by atoms with E-state index in [2.05, 4.69) is 26.8 Å². The third-order valence-electron chi connectivity index (χ3n) is 5.20. The van der Waals surface area contributed by atoms with Crippen LogP contribution in [0.25, 0.3) is 0 Å². The molecule has 108 valence electrons. The van der Waals surface area contributed by atoms with E-state index in [0.29, 0.717) is 11.3 Å². The molecule has 1 fully saturated rings. The van der Waals surface area contributed by atoms with Gasteiger partial charge in [0.2, 0.25) is 0 Å². The van der Waals surface area contributed by atoms with Gasteiger partial charge < -0.3 is 9.84 Å². The summed E-state index contributed by atoms with van der Waals surface area (Å²) in [6.07, 6.45) is 6.84. The first-order valence-electron chi connectivity index (χ1n) is 7.40. The molecule has 0 spiro atoms. The van der Waals surface area contributed by atoms with Crippen LogP contribution in [0.1, 0.15) is 59.8 Å². The van der Waals surface area contributed by atoms with Crippen LogP contribution in [-0.2, 0) is 9.53 Å². The van der Waals surface area contributed by atoms with Crippen molar-refractivity contribution in [3.05, 3.63) is 11.6 Å². The zero-order valence-corrected chi connectivity index (χ0v) is 12.5. The first-order chi connectivity index (χ1) is 8.82. The van der Waals surface area contributed by atoms with E-state index in [-0.39, 0.29) is 5.60 Å². The summed E-state index contributed by atoms with van der Waals surface area (Å²) in [6, 6.07) is 0. The van der Waals surface area contributed by atoms with Crippen molar-refractivity contribution in [3.63, 3.8) is 0 Å². The van der Waals surface area contributed by atoms with E-state index in [4.69, 9.17) is 9.84 Å². The summed E-state index contributed by atoms with van der Waals surface area (Å²) in [7, 11) is 0. The summed E-state index contributed by atoms with van der Waals surface area (Å²) < 4.78 is 5.49. The number of epoxide rings is 1. The molecule has 0 aromatic rings. The second kappa shape index (κ2) is 4.93. The minimum atomic E-state index is -0.808. The maximum absolute atomic E-state index is 11.0. The van der Waals surface area contributed by atoms with E-state index >= 15 is 0 Å². The molecule has 0 saturated carbocycles. The molecule has 0 bridgehead atoms. The molecule has 2 rings (SSSR count). The molecule has 2 aliphatic rings. The smallest absolute Gasteiger partial charge is 0.335 e. The highest BCUT2D eigenvalue weighted by Crippen LogP contribution is 2.49. The van der Waals surface area contributed by atoms with Crippen molar-refractivity contribution in [1.29, 1.82) is 0 Å². The number of carbonyl (C=O) groups is 1. The lowest BCUT2D eigenvalue weighted by Crippen LogP contribution is -2.30. The molecule has 1 saturated heterocycles. The van der Waals surface area contributed by atoms with Crippen LogP contribution >= 0.6 is 0 Å². The minimum absolute atomic E-state index is 0.321. The van der Waals surface area contributed by atoms with Gasteiger partial charge in [-0.2, -0.15) is 0 Å². The summed E-state index contributed by atoms with van der Waals surface area (Å²) in [5, 5.41) is 9.08. The van der Waals surface area contributed by atoms with E-state index in [1.165, 1.54) is 18.4 Å². The Hall–Kier alpha value is -0.830. The van der Waals surface area contributed by atoms with Crippen molar-refractivity contribution >= 4 is 5.97 Å². The number of ether oxygens (including phenoxy) is 1. The maximum atomic E-state index is 11.0. The maximum Gasteiger partial charge on any atom is 0.335 e. The van der Waals surface area contributed by atoms with Crippen LogP contribution in [-0.4, -0.2) is 22.8 Å². The minimum Gasteiger partial charge on any atom is -0.479 e. The van der Waals surface area contributed by atoms with E-state index in [1.54, 1.807) is 0 Å². The lowest BCUT2D eigenvalue weighted by Gasteiger charge is -2.39. The Bertz CT molecular complexity index is 397. The molecule has 3 unspecified atom stereocenters. The topological polar surface area (TPSA) is 49.8 Å². The molecule has 1 N–H and O–H groups in total. The third kappa shape index (κ3) is 2.71. The number of carboxylic acid groups (broad SMARTS) is 1. The molecule has 0 amide bonds. The van der Waals surface area contributed by atoms with Crippen molar-refractivity contribution in [1.82, 2.24) is 0 Å². The first kappa shape index (κ1) is 14.6. The number of hydrogen-bond donors (Lipinski definition) is 1. The number of carboxylic acids is 1. The van der Waals surface area contributed by atoms with Gasteiger partial charge in [-0.25, -0.2) is 4.79 Å². The number of rotatable bonds is 5. The average molecular weight is 266 g/mol. The summed E-state index contributed by atoms with van der Waals surface area (Å²) in [6.45, 7) is 8.90. The number of allylic oxidation sites excluding steroid dienone is 2. The Labute approximate surface area is 116 Å². The highest BCUT2D eigenvalue weighted by Gasteiger charge is 2.59. The van der Waals surface area contributed by atoms with Gasteiger partial charge >= 0.3 is 5.97 Å². The summed E-state index contributed by atoms with van der Waals surface area (Å²) in [4.78, 5) is 11.0. The highest BCUT2D eigenvalue weighted by molar-refractivity contribution is 5.77. The molecule has 1 aliphatic carbocycles. The Kier molecular flexibility index (Phi) is 3.78. The largest absolute Gasteiger partial charge is 0.479 e. The molecule has 0 radical (unpaired) electrons. The fourth-order valence-electron chi connectivity index (χ4n) is 3.72. The van der Waals surface area contributed by atoms with Crippen molar-refractivity contribution in [3.8, 4) is 0 Å². The predicted molar refractivity (Wildman–Crippen MR) is 75.0 cm³/mol. The lowest BCUT2D eigenvalue weighted by atomic mass is 9.66. The van der Waals surface area contributed by atoms with Gasteiger partial charge in [-0.3, -0.25) is 0 Å².